The van der Waals surface area contributed by atoms with Crippen LogP contribution in [0.5, 0.6) is 17.2 Å². The monoisotopic (exact) mass is 271 g/mol. The first-order chi connectivity index (χ1) is 9.45. The Morgan fingerprint density at radius 1 is 0.750 bits per heavy atom. The lowest BCUT2D eigenvalue weighted by atomic mass is 9.82. The number of fused-ring (bicyclic) bond motifs is 2. The maximum Gasteiger partial charge on any atom is 0.198 e. The first-order valence-corrected chi connectivity index (χ1v) is 5.70. The third kappa shape index (κ3) is 1.27. The lowest BCUT2D eigenvalue weighted by Gasteiger charge is -2.20. The number of ketones is 2. The lowest BCUT2D eigenvalue weighted by Crippen LogP contribution is -2.21. The molecule has 6 heteroatoms. The molecule has 0 aliphatic heterocycles. The van der Waals surface area contributed by atoms with E-state index in [1.807, 2.05) is 0 Å². The molecule has 0 saturated heterocycles. The standard InChI is InChI=1S/C14H9NO5/c15-9-12(18)7-8(13(19)14(9)20)11(17)6-4-2-1-3-5(6)10(7)16/h1-4,18-20H,15H2. The highest BCUT2D eigenvalue weighted by molar-refractivity contribution is 6.31. The molecule has 2 aromatic rings. The van der Waals surface area contributed by atoms with Gasteiger partial charge in [-0.3, -0.25) is 9.59 Å². The predicted octanol–water partition coefficient (Wildman–Crippen LogP) is 1.16. The van der Waals surface area contributed by atoms with Crippen molar-refractivity contribution < 1.29 is 24.9 Å². The quantitative estimate of drug-likeness (QED) is 0.276. The summed E-state index contributed by atoms with van der Waals surface area (Å²) in [6.45, 7) is 0. The zero-order chi connectivity index (χ0) is 14.6. The van der Waals surface area contributed by atoms with Crippen molar-refractivity contribution in [3.8, 4) is 17.2 Å². The third-order valence-corrected chi connectivity index (χ3v) is 3.33. The minimum Gasteiger partial charge on any atom is -0.505 e. The number of rotatable bonds is 0. The Hall–Kier alpha value is -3.02. The Labute approximate surface area is 112 Å². The average molecular weight is 271 g/mol. The van der Waals surface area contributed by atoms with Gasteiger partial charge in [0.15, 0.2) is 28.8 Å². The molecule has 0 bridgehead atoms. The van der Waals surface area contributed by atoms with Crippen LogP contribution < -0.4 is 5.73 Å². The number of nitrogens with two attached hydrogens (primary N) is 1. The molecule has 2 aromatic carbocycles. The van der Waals surface area contributed by atoms with Crippen LogP contribution in [0.1, 0.15) is 31.8 Å². The number of benzene rings is 2. The fourth-order valence-corrected chi connectivity index (χ4v) is 2.32. The van der Waals surface area contributed by atoms with Gasteiger partial charge in [0.05, 0.1) is 11.1 Å². The van der Waals surface area contributed by atoms with Crippen LogP contribution in [-0.2, 0) is 0 Å². The highest BCUT2D eigenvalue weighted by Gasteiger charge is 2.37. The number of hydrogen-bond acceptors (Lipinski definition) is 6. The van der Waals surface area contributed by atoms with E-state index in [1.54, 1.807) is 12.1 Å². The molecule has 100 valence electrons. The molecule has 6 nitrogen and oxygen atoms in total. The van der Waals surface area contributed by atoms with Crippen LogP contribution in [0.25, 0.3) is 0 Å². The smallest absolute Gasteiger partial charge is 0.198 e. The molecular weight excluding hydrogens is 262 g/mol. The molecule has 0 saturated carbocycles. The van der Waals surface area contributed by atoms with E-state index in [4.69, 9.17) is 5.73 Å². The van der Waals surface area contributed by atoms with Crippen LogP contribution >= 0.6 is 0 Å². The molecule has 1 aliphatic rings. The summed E-state index contributed by atoms with van der Waals surface area (Å²) in [5.74, 6) is -3.61. The van der Waals surface area contributed by atoms with Crippen molar-refractivity contribution in [2.75, 3.05) is 5.73 Å². The summed E-state index contributed by atoms with van der Waals surface area (Å²) in [6.07, 6.45) is 0. The molecule has 5 N–H and O–H groups in total. The Morgan fingerprint density at radius 2 is 1.20 bits per heavy atom. The van der Waals surface area contributed by atoms with Crippen LogP contribution in [0, 0.1) is 0 Å². The molecule has 0 amide bonds. The summed E-state index contributed by atoms with van der Waals surface area (Å²) >= 11 is 0. The van der Waals surface area contributed by atoms with Crippen LogP contribution in [0.3, 0.4) is 0 Å². The first kappa shape index (κ1) is 12.0. The molecule has 3 rings (SSSR count). The van der Waals surface area contributed by atoms with Crippen LogP contribution in [0.15, 0.2) is 24.3 Å². The number of hydrogen-bond donors (Lipinski definition) is 4. The summed E-state index contributed by atoms with van der Waals surface area (Å²) in [7, 11) is 0. The highest BCUT2D eigenvalue weighted by Crippen LogP contribution is 2.47. The summed E-state index contributed by atoms with van der Waals surface area (Å²) in [4.78, 5) is 24.6. The molecule has 0 unspecified atom stereocenters. The maximum atomic E-state index is 12.3. The summed E-state index contributed by atoms with van der Waals surface area (Å²) in [5, 5.41) is 29.3. The normalized spacial score (nSPS) is 13.0. The van der Waals surface area contributed by atoms with Gasteiger partial charge in [-0.2, -0.15) is 0 Å². The van der Waals surface area contributed by atoms with Gasteiger partial charge in [-0.25, -0.2) is 0 Å². The largest absolute Gasteiger partial charge is 0.505 e. The van der Waals surface area contributed by atoms with Gasteiger partial charge in [0.25, 0.3) is 0 Å². The number of phenols is 3. The number of carbonyl (C=O) groups excluding carboxylic acids is 2. The van der Waals surface area contributed by atoms with Gasteiger partial charge in [-0.1, -0.05) is 24.3 Å². The molecule has 0 spiro atoms. The molecule has 0 radical (unpaired) electrons. The molecule has 1 aliphatic carbocycles. The van der Waals surface area contributed by atoms with E-state index in [9.17, 15) is 24.9 Å². The van der Waals surface area contributed by atoms with Crippen molar-refractivity contribution in [3.63, 3.8) is 0 Å². The van der Waals surface area contributed by atoms with E-state index >= 15 is 0 Å². The van der Waals surface area contributed by atoms with E-state index < -0.39 is 40.1 Å². The predicted molar refractivity (Wildman–Crippen MR) is 69.2 cm³/mol. The van der Waals surface area contributed by atoms with Gasteiger partial charge in [0.2, 0.25) is 0 Å². The second-order valence-electron chi connectivity index (χ2n) is 4.41. The Kier molecular flexibility index (Phi) is 2.25. The number of nitrogen functional groups attached to an aromatic ring is 1. The topological polar surface area (TPSA) is 121 Å². The van der Waals surface area contributed by atoms with Crippen molar-refractivity contribution >= 4 is 17.3 Å². The summed E-state index contributed by atoms with van der Waals surface area (Å²) < 4.78 is 0. The van der Waals surface area contributed by atoms with E-state index in [-0.39, 0.29) is 16.7 Å². The molecule has 0 fully saturated rings. The average Bonchev–Trinajstić information content (AvgIpc) is 2.46. The van der Waals surface area contributed by atoms with Gasteiger partial charge < -0.3 is 21.1 Å². The fraction of sp³-hybridized carbons (Fsp3) is 0. The zero-order valence-corrected chi connectivity index (χ0v) is 10.0. The van der Waals surface area contributed by atoms with E-state index in [0.717, 1.165) is 0 Å². The van der Waals surface area contributed by atoms with E-state index in [2.05, 4.69) is 0 Å². The zero-order valence-electron chi connectivity index (χ0n) is 10.0. The Balaban J connectivity index is 2.46. The van der Waals surface area contributed by atoms with Gasteiger partial charge in [0, 0.05) is 11.1 Å². The molecule has 20 heavy (non-hydrogen) atoms. The van der Waals surface area contributed by atoms with Crippen LogP contribution in [-0.4, -0.2) is 26.9 Å². The van der Waals surface area contributed by atoms with Gasteiger partial charge >= 0.3 is 0 Å². The molecular formula is C14H9NO5. The third-order valence-electron chi connectivity index (χ3n) is 3.33. The summed E-state index contributed by atoms with van der Waals surface area (Å²) in [6, 6.07) is 6.03. The second kappa shape index (κ2) is 3.74. The van der Waals surface area contributed by atoms with Crippen molar-refractivity contribution in [1.29, 1.82) is 0 Å². The van der Waals surface area contributed by atoms with Crippen LogP contribution in [0.4, 0.5) is 5.69 Å². The Morgan fingerprint density at radius 3 is 1.70 bits per heavy atom. The molecule has 0 atom stereocenters. The van der Waals surface area contributed by atoms with Crippen molar-refractivity contribution in [3.05, 3.63) is 46.5 Å². The van der Waals surface area contributed by atoms with Gasteiger partial charge in [-0.15, -0.1) is 0 Å². The minimum absolute atomic E-state index is 0.101. The number of anilines is 1. The fourth-order valence-electron chi connectivity index (χ4n) is 2.32. The SMILES string of the molecule is Nc1c(O)c(O)c2c(c1O)C(=O)c1ccccc1C2=O. The Bertz CT molecular complexity index is 729. The molecule has 0 heterocycles. The minimum atomic E-state index is -0.818. The second-order valence-corrected chi connectivity index (χ2v) is 4.41. The summed E-state index contributed by atoms with van der Waals surface area (Å²) in [5.41, 5.74) is 4.27. The first-order valence-electron chi connectivity index (χ1n) is 5.70. The van der Waals surface area contributed by atoms with Crippen molar-refractivity contribution in [2.24, 2.45) is 0 Å². The van der Waals surface area contributed by atoms with Crippen molar-refractivity contribution in [1.82, 2.24) is 0 Å². The number of phenolic OH excluding ortho intramolecular Hbond substituents is 3. The molecule has 0 aromatic heterocycles. The van der Waals surface area contributed by atoms with Crippen molar-refractivity contribution in [2.45, 2.75) is 0 Å². The van der Waals surface area contributed by atoms with Crippen LogP contribution in [0.2, 0.25) is 0 Å². The van der Waals surface area contributed by atoms with Gasteiger partial charge in [0.1, 0.15) is 5.69 Å². The highest BCUT2D eigenvalue weighted by atomic mass is 16.3. The number of carbonyl (C=O) groups is 2. The van der Waals surface area contributed by atoms with E-state index in [1.165, 1.54) is 12.1 Å². The maximum absolute atomic E-state index is 12.3. The van der Waals surface area contributed by atoms with Gasteiger partial charge in [-0.05, 0) is 0 Å². The lowest BCUT2D eigenvalue weighted by molar-refractivity contribution is 0.0973. The number of aromatic hydroxyl groups is 3. The van der Waals surface area contributed by atoms with E-state index in [0.29, 0.717) is 0 Å².